The van der Waals surface area contributed by atoms with Gasteiger partial charge in [-0.1, -0.05) is 0 Å². The van der Waals surface area contributed by atoms with E-state index in [0.29, 0.717) is 19.5 Å². The van der Waals surface area contributed by atoms with Crippen LogP contribution in [0, 0.1) is 0 Å². The largest absolute Gasteiger partial charge is 0.444 e. The highest BCUT2D eigenvalue weighted by Gasteiger charge is 2.49. The van der Waals surface area contributed by atoms with E-state index in [4.69, 9.17) is 4.74 Å². The van der Waals surface area contributed by atoms with Gasteiger partial charge < -0.3 is 15.0 Å². The van der Waals surface area contributed by atoms with E-state index < -0.39 is 5.60 Å². The molecule has 0 aromatic carbocycles. The quantitative estimate of drug-likeness (QED) is 0.624. The number of amides is 2. The van der Waals surface area contributed by atoms with E-state index in [-0.39, 0.29) is 17.5 Å². The van der Waals surface area contributed by atoms with Crippen molar-refractivity contribution < 1.29 is 14.3 Å². The smallest absolute Gasteiger partial charge is 0.410 e. The minimum Gasteiger partial charge on any atom is -0.444 e. The molecule has 2 heterocycles. The SMILES string of the molecule is CC(C)(C)OC(=O)N1CC[C@]2(CC(=O)N2)C1. The lowest BCUT2D eigenvalue weighted by atomic mass is 9.86. The standard InChI is InChI=1S/C11H18N2O3/c1-10(2,3)16-9(15)13-5-4-11(7-13)6-8(14)12-11/h4-7H2,1-3H3,(H,12,14)/t11-/m0/s1. The lowest BCUT2D eigenvalue weighted by Gasteiger charge is -2.38. The second-order valence-electron chi connectivity index (χ2n) is 5.66. The number of carbonyl (C=O) groups excluding carboxylic acids is 2. The van der Waals surface area contributed by atoms with Gasteiger partial charge >= 0.3 is 6.09 Å². The molecule has 0 saturated carbocycles. The van der Waals surface area contributed by atoms with Crippen LogP contribution in [0.2, 0.25) is 0 Å². The van der Waals surface area contributed by atoms with Gasteiger partial charge in [-0.2, -0.15) is 0 Å². The van der Waals surface area contributed by atoms with Crippen molar-refractivity contribution in [2.24, 2.45) is 0 Å². The molecule has 2 rings (SSSR count). The summed E-state index contributed by atoms with van der Waals surface area (Å²) in [6.45, 7) is 6.79. The first-order valence-electron chi connectivity index (χ1n) is 5.59. The van der Waals surface area contributed by atoms with Crippen molar-refractivity contribution in [3.8, 4) is 0 Å². The summed E-state index contributed by atoms with van der Waals surface area (Å²) in [7, 11) is 0. The van der Waals surface area contributed by atoms with E-state index in [9.17, 15) is 9.59 Å². The molecule has 0 aromatic heterocycles. The van der Waals surface area contributed by atoms with Crippen molar-refractivity contribution >= 4 is 12.0 Å². The fourth-order valence-electron chi connectivity index (χ4n) is 2.19. The topological polar surface area (TPSA) is 58.6 Å². The third-order valence-corrected chi connectivity index (χ3v) is 2.91. The van der Waals surface area contributed by atoms with Gasteiger partial charge in [0.15, 0.2) is 0 Å². The van der Waals surface area contributed by atoms with Crippen molar-refractivity contribution in [3.63, 3.8) is 0 Å². The lowest BCUT2D eigenvalue weighted by Crippen LogP contribution is -2.62. The molecule has 2 saturated heterocycles. The Morgan fingerprint density at radius 1 is 1.50 bits per heavy atom. The zero-order valence-corrected chi connectivity index (χ0v) is 10.0. The van der Waals surface area contributed by atoms with Gasteiger partial charge in [0.2, 0.25) is 5.91 Å². The van der Waals surface area contributed by atoms with Crippen LogP contribution in [-0.2, 0) is 9.53 Å². The van der Waals surface area contributed by atoms with Crippen LogP contribution < -0.4 is 5.32 Å². The Morgan fingerprint density at radius 2 is 2.12 bits per heavy atom. The average molecular weight is 226 g/mol. The van der Waals surface area contributed by atoms with Crippen LogP contribution in [0.25, 0.3) is 0 Å². The first-order chi connectivity index (χ1) is 7.30. The number of hydrogen-bond acceptors (Lipinski definition) is 3. The summed E-state index contributed by atoms with van der Waals surface area (Å²) in [6, 6.07) is 0. The molecule has 0 aromatic rings. The Hall–Kier alpha value is -1.26. The summed E-state index contributed by atoms with van der Waals surface area (Å²) in [4.78, 5) is 24.4. The third kappa shape index (κ3) is 2.13. The lowest BCUT2D eigenvalue weighted by molar-refractivity contribution is -0.132. The zero-order chi connectivity index (χ0) is 12.0. The minimum atomic E-state index is -0.463. The second-order valence-corrected chi connectivity index (χ2v) is 5.66. The molecule has 2 fully saturated rings. The summed E-state index contributed by atoms with van der Waals surface area (Å²) >= 11 is 0. The third-order valence-electron chi connectivity index (χ3n) is 2.91. The summed E-state index contributed by atoms with van der Waals surface area (Å²) in [5.41, 5.74) is -0.621. The zero-order valence-electron chi connectivity index (χ0n) is 10.0. The van der Waals surface area contributed by atoms with Crippen molar-refractivity contribution in [1.82, 2.24) is 10.2 Å². The summed E-state index contributed by atoms with van der Waals surface area (Å²) in [5, 5.41) is 2.88. The number of β-lactam (4-membered cyclic amide) rings is 1. The van der Waals surface area contributed by atoms with Gasteiger partial charge in [0, 0.05) is 13.1 Å². The number of hydrogen-bond donors (Lipinski definition) is 1. The van der Waals surface area contributed by atoms with Crippen LogP contribution >= 0.6 is 0 Å². The van der Waals surface area contributed by atoms with Crippen molar-refractivity contribution in [1.29, 1.82) is 0 Å². The summed E-state index contributed by atoms with van der Waals surface area (Å²) < 4.78 is 5.28. The van der Waals surface area contributed by atoms with E-state index in [1.165, 1.54) is 0 Å². The molecule has 0 radical (unpaired) electrons. The summed E-state index contributed by atoms with van der Waals surface area (Å²) in [6.07, 6.45) is 1.08. The van der Waals surface area contributed by atoms with Gasteiger partial charge in [0.1, 0.15) is 5.60 Å². The molecule has 2 aliphatic heterocycles. The normalized spacial score (nSPS) is 28.9. The van der Waals surface area contributed by atoms with E-state index in [1.54, 1.807) is 4.90 Å². The van der Waals surface area contributed by atoms with Crippen molar-refractivity contribution in [2.45, 2.75) is 44.8 Å². The van der Waals surface area contributed by atoms with Gasteiger partial charge in [-0.05, 0) is 27.2 Å². The molecule has 5 heteroatoms. The van der Waals surface area contributed by atoms with E-state index in [2.05, 4.69) is 5.32 Å². The maximum absolute atomic E-state index is 11.8. The number of nitrogens with zero attached hydrogens (tertiary/aromatic N) is 1. The molecule has 1 N–H and O–H groups in total. The van der Waals surface area contributed by atoms with Gasteiger partial charge in [0.05, 0.1) is 12.0 Å². The molecule has 0 aliphatic carbocycles. The molecular formula is C11H18N2O3. The first-order valence-corrected chi connectivity index (χ1v) is 5.59. The Balaban J connectivity index is 1.89. The Kier molecular flexibility index (Phi) is 2.36. The van der Waals surface area contributed by atoms with E-state index in [1.807, 2.05) is 20.8 Å². The predicted molar refractivity (Wildman–Crippen MR) is 57.9 cm³/mol. The maximum Gasteiger partial charge on any atom is 0.410 e. The van der Waals surface area contributed by atoms with Gasteiger partial charge in [-0.15, -0.1) is 0 Å². The van der Waals surface area contributed by atoms with Crippen LogP contribution in [0.4, 0.5) is 4.79 Å². The number of nitrogens with one attached hydrogen (secondary N) is 1. The highest BCUT2D eigenvalue weighted by atomic mass is 16.6. The molecule has 0 unspecified atom stereocenters. The maximum atomic E-state index is 11.8. The van der Waals surface area contributed by atoms with Crippen LogP contribution in [0.15, 0.2) is 0 Å². The molecule has 2 aliphatic rings. The van der Waals surface area contributed by atoms with E-state index >= 15 is 0 Å². The van der Waals surface area contributed by atoms with Crippen molar-refractivity contribution in [3.05, 3.63) is 0 Å². The average Bonchev–Trinajstić information content (AvgIpc) is 2.45. The molecule has 1 spiro atoms. The number of carbonyl (C=O) groups is 2. The molecule has 1 atom stereocenters. The molecule has 16 heavy (non-hydrogen) atoms. The Bertz CT molecular complexity index is 325. The van der Waals surface area contributed by atoms with Crippen molar-refractivity contribution in [2.75, 3.05) is 13.1 Å². The fourth-order valence-corrected chi connectivity index (χ4v) is 2.19. The second kappa shape index (κ2) is 3.37. The molecule has 2 amide bonds. The Labute approximate surface area is 95.1 Å². The molecule has 90 valence electrons. The van der Waals surface area contributed by atoms with Gasteiger partial charge in [0.25, 0.3) is 0 Å². The minimum absolute atomic E-state index is 0.0750. The van der Waals surface area contributed by atoms with Crippen LogP contribution in [0.5, 0.6) is 0 Å². The molecule has 0 bridgehead atoms. The number of rotatable bonds is 0. The van der Waals surface area contributed by atoms with Gasteiger partial charge in [-0.3, -0.25) is 4.79 Å². The number of likely N-dealkylation sites (tertiary alicyclic amines) is 1. The van der Waals surface area contributed by atoms with Crippen LogP contribution in [0.1, 0.15) is 33.6 Å². The monoisotopic (exact) mass is 226 g/mol. The highest BCUT2D eigenvalue weighted by molar-refractivity contribution is 5.85. The number of ether oxygens (including phenoxy) is 1. The van der Waals surface area contributed by atoms with Gasteiger partial charge in [-0.25, -0.2) is 4.79 Å². The van der Waals surface area contributed by atoms with Crippen LogP contribution in [-0.4, -0.2) is 41.1 Å². The first kappa shape index (κ1) is 11.2. The molecular weight excluding hydrogens is 208 g/mol. The fraction of sp³-hybridized carbons (Fsp3) is 0.818. The predicted octanol–water partition coefficient (Wildman–Crippen LogP) is 0.886. The Morgan fingerprint density at radius 3 is 2.62 bits per heavy atom. The summed E-state index contributed by atoms with van der Waals surface area (Å²) in [5.74, 6) is 0.0750. The van der Waals surface area contributed by atoms with Crippen LogP contribution in [0.3, 0.4) is 0 Å². The molecule has 5 nitrogen and oxygen atoms in total. The van der Waals surface area contributed by atoms with E-state index in [0.717, 1.165) is 6.42 Å². The highest BCUT2D eigenvalue weighted by Crippen LogP contribution is 2.31.